The Morgan fingerprint density at radius 2 is 2.21 bits per heavy atom. The molecule has 1 aromatic heterocycles. The van der Waals surface area contributed by atoms with Gasteiger partial charge >= 0.3 is 0 Å². The number of hydrogen-bond donors (Lipinski definition) is 1. The van der Waals surface area contributed by atoms with E-state index in [2.05, 4.69) is 34.0 Å². The van der Waals surface area contributed by atoms with Crippen LogP contribution in [-0.2, 0) is 6.42 Å². The van der Waals surface area contributed by atoms with Crippen LogP contribution in [-0.4, -0.2) is 10.9 Å². The number of benzene rings is 1. The van der Waals surface area contributed by atoms with Gasteiger partial charge in [-0.15, -0.1) is 0 Å². The molecule has 0 radical (unpaired) electrons. The highest BCUT2D eigenvalue weighted by atomic mass is 32.1. The zero-order chi connectivity index (χ0) is 9.80. The predicted octanol–water partition coefficient (Wildman–Crippen LogP) is 2.31. The first-order chi connectivity index (χ1) is 6.90. The molecule has 2 aromatic rings. The molecule has 0 atom stereocenters. The van der Waals surface area contributed by atoms with E-state index in [0.717, 1.165) is 6.42 Å². The van der Waals surface area contributed by atoms with Gasteiger partial charge in [0, 0.05) is 17.1 Å². The quantitative estimate of drug-likeness (QED) is 0.833. The summed E-state index contributed by atoms with van der Waals surface area (Å²) < 4.78 is 4.09. The van der Waals surface area contributed by atoms with E-state index in [9.17, 15) is 0 Å². The molecule has 2 rings (SSSR count). The Hall–Kier alpha value is -1.19. The standard InChI is InChI=1S/C11H12N2S/c12-5-4-9-2-1-3-10(6-9)11-7-13-14-8-11/h1-3,6-8H,4-5,12H2. The van der Waals surface area contributed by atoms with Gasteiger partial charge in [-0.05, 0) is 35.6 Å². The summed E-state index contributed by atoms with van der Waals surface area (Å²) in [7, 11) is 0. The van der Waals surface area contributed by atoms with Gasteiger partial charge in [-0.3, -0.25) is 0 Å². The van der Waals surface area contributed by atoms with Crippen molar-refractivity contribution < 1.29 is 0 Å². The predicted molar refractivity (Wildman–Crippen MR) is 60.3 cm³/mol. The number of nitrogens with two attached hydrogens (primary N) is 1. The van der Waals surface area contributed by atoms with E-state index in [0.29, 0.717) is 6.54 Å². The number of nitrogens with zero attached hydrogens (tertiary/aromatic N) is 1. The molecular weight excluding hydrogens is 192 g/mol. The summed E-state index contributed by atoms with van der Waals surface area (Å²) in [5.74, 6) is 0. The molecule has 0 aliphatic heterocycles. The second-order valence-electron chi connectivity index (χ2n) is 3.15. The molecule has 0 aliphatic rings. The Bertz CT molecular complexity index is 395. The largest absolute Gasteiger partial charge is 0.330 e. The molecule has 14 heavy (non-hydrogen) atoms. The van der Waals surface area contributed by atoms with E-state index >= 15 is 0 Å². The van der Waals surface area contributed by atoms with Crippen LogP contribution in [0.2, 0.25) is 0 Å². The van der Waals surface area contributed by atoms with Crippen LogP contribution in [0.15, 0.2) is 35.8 Å². The summed E-state index contributed by atoms with van der Waals surface area (Å²) in [5, 5.41) is 2.06. The monoisotopic (exact) mass is 204 g/mol. The molecule has 1 aromatic carbocycles. The summed E-state index contributed by atoms with van der Waals surface area (Å²) in [4.78, 5) is 0. The van der Waals surface area contributed by atoms with E-state index in [1.54, 1.807) is 0 Å². The van der Waals surface area contributed by atoms with E-state index in [-0.39, 0.29) is 0 Å². The summed E-state index contributed by atoms with van der Waals surface area (Å²) in [6, 6.07) is 8.45. The van der Waals surface area contributed by atoms with Crippen LogP contribution in [0.4, 0.5) is 0 Å². The molecule has 0 amide bonds. The maximum atomic E-state index is 5.52. The van der Waals surface area contributed by atoms with Gasteiger partial charge in [-0.2, -0.15) is 0 Å². The number of hydrogen-bond acceptors (Lipinski definition) is 3. The fraction of sp³-hybridized carbons (Fsp3) is 0.182. The lowest BCUT2D eigenvalue weighted by Crippen LogP contribution is -2.02. The van der Waals surface area contributed by atoms with E-state index in [1.807, 2.05) is 6.20 Å². The zero-order valence-electron chi connectivity index (χ0n) is 7.81. The molecule has 2 nitrogen and oxygen atoms in total. The number of rotatable bonds is 3. The highest BCUT2D eigenvalue weighted by Gasteiger charge is 1.99. The van der Waals surface area contributed by atoms with Crippen molar-refractivity contribution in [1.29, 1.82) is 0 Å². The molecule has 0 fully saturated rings. The fourth-order valence-electron chi connectivity index (χ4n) is 1.42. The molecule has 0 unspecified atom stereocenters. The first kappa shape index (κ1) is 9.37. The van der Waals surface area contributed by atoms with Crippen molar-refractivity contribution in [2.24, 2.45) is 5.73 Å². The third-order valence-corrected chi connectivity index (χ3v) is 2.71. The van der Waals surface area contributed by atoms with Crippen molar-refractivity contribution in [3.05, 3.63) is 41.4 Å². The van der Waals surface area contributed by atoms with Crippen LogP contribution in [0.25, 0.3) is 11.1 Å². The Labute approximate surface area is 87.6 Å². The Kier molecular flexibility index (Phi) is 2.91. The maximum absolute atomic E-state index is 5.52. The first-order valence-electron chi connectivity index (χ1n) is 4.59. The highest BCUT2D eigenvalue weighted by Crippen LogP contribution is 2.21. The van der Waals surface area contributed by atoms with Crippen LogP contribution in [0.5, 0.6) is 0 Å². The van der Waals surface area contributed by atoms with Crippen molar-refractivity contribution in [1.82, 2.24) is 4.37 Å². The smallest absolute Gasteiger partial charge is 0.0485 e. The number of aromatic nitrogens is 1. The molecule has 2 N–H and O–H groups in total. The van der Waals surface area contributed by atoms with Gasteiger partial charge in [0.05, 0.1) is 0 Å². The minimum atomic E-state index is 0.700. The average molecular weight is 204 g/mol. The Morgan fingerprint density at radius 3 is 2.93 bits per heavy atom. The Balaban J connectivity index is 2.31. The molecule has 0 aliphatic carbocycles. The van der Waals surface area contributed by atoms with E-state index in [1.165, 1.54) is 28.2 Å². The maximum Gasteiger partial charge on any atom is 0.0485 e. The lowest BCUT2D eigenvalue weighted by atomic mass is 10.0. The fourth-order valence-corrected chi connectivity index (χ4v) is 1.97. The lowest BCUT2D eigenvalue weighted by molar-refractivity contribution is 0.969. The Morgan fingerprint density at radius 1 is 1.29 bits per heavy atom. The van der Waals surface area contributed by atoms with Crippen LogP contribution in [0.1, 0.15) is 5.56 Å². The van der Waals surface area contributed by atoms with Gasteiger partial charge in [-0.1, -0.05) is 24.3 Å². The van der Waals surface area contributed by atoms with Crippen molar-refractivity contribution >= 4 is 11.5 Å². The minimum Gasteiger partial charge on any atom is -0.330 e. The summed E-state index contributed by atoms with van der Waals surface area (Å²) in [6.07, 6.45) is 2.83. The first-order valence-corrected chi connectivity index (χ1v) is 5.42. The summed E-state index contributed by atoms with van der Waals surface area (Å²) in [6.45, 7) is 0.700. The second-order valence-corrected chi connectivity index (χ2v) is 3.81. The average Bonchev–Trinajstić information content (AvgIpc) is 2.71. The summed E-state index contributed by atoms with van der Waals surface area (Å²) in [5.41, 5.74) is 9.22. The second kappa shape index (κ2) is 4.35. The minimum absolute atomic E-state index is 0.700. The highest BCUT2D eigenvalue weighted by molar-refractivity contribution is 7.03. The van der Waals surface area contributed by atoms with Gasteiger partial charge in [0.15, 0.2) is 0 Å². The van der Waals surface area contributed by atoms with Crippen LogP contribution in [0.3, 0.4) is 0 Å². The normalized spacial score (nSPS) is 10.4. The van der Waals surface area contributed by atoms with Crippen LogP contribution in [0, 0.1) is 0 Å². The topological polar surface area (TPSA) is 38.9 Å². The lowest BCUT2D eigenvalue weighted by Gasteiger charge is -2.01. The van der Waals surface area contributed by atoms with Gasteiger partial charge < -0.3 is 5.73 Å². The molecule has 72 valence electrons. The van der Waals surface area contributed by atoms with Crippen molar-refractivity contribution in [2.45, 2.75) is 6.42 Å². The summed E-state index contributed by atoms with van der Waals surface area (Å²) >= 11 is 1.48. The van der Waals surface area contributed by atoms with E-state index < -0.39 is 0 Å². The van der Waals surface area contributed by atoms with Crippen molar-refractivity contribution in [3.63, 3.8) is 0 Å². The third kappa shape index (κ3) is 2.00. The molecule has 0 saturated heterocycles. The van der Waals surface area contributed by atoms with Gasteiger partial charge in [0.1, 0.15) is 0 Å². The zero-order valence-corrected chi connectivity index (χ0v) is 8.63. The molecule has 1 heterocycles. The van der Waals surface area contributed by atoms with Gasteiger partial charge in [0.2, 0.25) is 0 Å². The molecule has 3 heteroatoms. The van der Waals surface area contributed by atoms with E-state index in [4.69, 9.17) is 5.73 Å². The van der Waals surface area contributed by atoms with Gasteiger partial charge in [0.25, 0.3) is 0 Å². The van der Waals surface area contributed by atoms with Gasteiger partial charge in [-0.25, -0.2) is 4.37 Å². The van der Waals surface area contributed by atoms with Crippen molar-refractivity contribution in [2.75, 3.05) is 6.54 Å². The molecule has 0 spiro atoms. The molecule has 0 saturated carbocycles. The molecular formula is C11H12N2S. The van der Waals surface area contributed by atoms with Crippen LogP contribution < -0.4 is 5.73 Å². The third-order valence-electron chi connectivity index (χ3n) is 2.13. The SMILES string of the molecule is NCCc1cccc(-c2cnsc2)c1. The van der Waals surface area contributed by atoms with Crippen LogP contribution >= 0.6 is 11.5 Å². The molecule has 0 bridgehead atoms. The van der Waals surface area contributed by atoms with Crippen molar-refractivity contribution in [3.8, 4) is 11.1 Å².